The van der Waals surface area contributed by atoms with Gasteiger partial charge in [0.1, 0.15) is 0 Å². The highest BCUT2D eigenvalue weighted by atomic mass is 16.6. The number of allylic oxidation sites excluding steroid dienone is 1. The van der Waals surface area contributed by atoms with Gasteiger partial charge in [-0.2, -0.15) is 5.90 Å². The Morgan fingerprint density at radius 3 is 2.38 bits per heavy atom. The fourth-order valence-electron chi connectivity index (χ4n) is 2.26. The number of hydrogen-bond acceptors (Lipinski definition) is 4. The predicted molar refractivity (Wildman–Crippen MR) is 64.8 cm³/mol. The standard InChI is InChI=1S/C12H21N3O/c1-9(10-5-7-14-8-6-10)15-12(16-13)11-3-2-4-11/h10-11,14H,1-8,13H2. The van der Waals surface area contributed by atoms with Crippen molar-refractivity contribution >= 4 is 5.90 Å². The Balaban J connectivity index is 1.94. The number of hydrogen-bond donors (Lipinski definition) is 2. The van der Waals surface area contributed by atoms with E-state index in [4.69, 9.17) is 10.7 Å². The van der Waals surface area contributed by atoms with E-state index >= 15 is 0 Å². The lowest BCUT2D eigenvalue weighted by molar-refractivity contribution is 0.257. The lowest BCUT2D eigenvalue weighted by atomic mass is 9.85. The molecule has 16 heavy (non-hydrogen) atoms. The summed E-state index contributed by atoms with van der Waals surface area (Å²) in [6, 6.07) is 0. The Morgan fingerprint density at radius 1 is 1.19 bits per heavy atom. The highest BCUT2D eigenvalue weighted by Crippen LogP contribution is 2.29. The van der Waals surface area contributed by atoms with E-state index in [0.717, 1.165) is 44.5 Å². The summed E-state index contributed by atoms with van der Waals surface area (Å²) in [4.78, 5) is 9.38. The number of nitrogens with one attached hydrogen (secondary N) is 1. The van der Waals surface area contributed by atoms with Crippen LogP contribution in [0.15, 0.2) is 17.3 Å². The van der Waals surface area contributed by atoms with Crippen molar-refractivity contribution in [3.63, 3.8) is 0 Å². The second-order valence-electron chi connectivity index (χ2n) is 4.71. The molecule has 0 unspecified atom stereocenters. The number of rotatable bonds is 3. The minimum Gasteiger partial charge on any atom is -0.396 e. The van der Waals surface area contributed by atoms with Gasteiger partial charge in [-0.05, 0) is 38.8 Å². The second-order valence-corrected chi connectivity index (χ2v) is 4.71. The van der Waals surface area contributed by atoms with Crippen LogP contribution in [-0.2, 0) is 4.84 Å². The molecule has 2 aliphatic rings. The lowest BCUT2D eigenvalue weighted by Gasteiger charge is -2.27. The normalized spacial score (nSPS) is 23.9. The molecule has 2 rings (SSSR count). The van der Waals surface area contributed by atoms with E-state index in [-0.39, 0.29) is 0 Å². The Morgan fingerprint density at radius 2 is 1.88 bits per heavy atom. The van der Waals surface area contributed by atoms with Gasteiger partial charge in [0, 0.05) is 17.5 Å². The highest BCUT2D eigenvalue weighted by molar-refractivity contribution is 5.80. The molecule has 0 aromatic rings. The number of piperidine rings is 1. The minimum absolute atomic E-state index is 0.434. The van der Waals surface area contributed by atoms with Gasteiger partial charge in [-0.3, -0.25) is 0 Å². The summed E-state index contributed by atoms with van der Waals surface area (Å²) in [6.45, 7) is 6.17. The van der Waals surface area contributed by atoms with Crippen LogP contribution in [0.25, 0.3) is 0 Å². The zero-order valence-corrected chi connectivity index (χ0v) is 9.74. The number of nitrogens with zero attached hydrogens (tertiary/aromatic N) is 1. The maximum Gasteiger partial charge on any atom is 0.216 e. The molecule has 1 saturated carbocycles. The summed E-state index contributed by atoms with van der Waals surface area (Å²) in [7, 11) is 0. The van der Waals surface area contributed by atoms with Crippen LogP contribution in [0.1, 0.15) is 32.1 Å². The molecule has 4 heteroatoms. The van der Waals surface area contributed by atoms with Crippen LogP contribution >= 0.6 is 0 Å². The molecular formula is C12H21N3O. The zero-order chi connectivity index (χ0) is 11.4. The molecule has 0 aromatic carbocycles. The summed E-state index contributed by atoms with van der Waals surface area (Å²) in [6.07, 6.45) is 5.79. The zero-order valence-electron chi connectivity index (χ0n) is 9.74. The minimum atomic E-state index is 0.434. The third-order valence-electron chi connectivity index (χ3n) is 3.64. The molecule has 0 amide bonds. The molecule has 0 atom stereocenters. The maximum absolute atomic E-state index is 5.28. The van der Waals surface area contributed by atoms with Crippen molar-refractivity contribution < 1.29 is 4.84 Å². The van der Waals surface area contributed by atoms with Crippen molar-refractivity contribution in [3.05, 3.63) is 12.3 Å². The van der Waals surface area contributed by atoms with Gasteiger partial charge in [-0.25, -0.2) is 4.99 Å². The molecular weight excluding hydrogens is 202 g/mol. The van der Waals surface area contributed by atoms with Gasteiger partial charge in [0.05, 0.1) is 0 Å². The Hall–Kier alpha value is -0.870. The molecule has 0 spiro atoms. The molecule has 1 saturated heterocycles. The topological polar surface area (TPSA) is 59.6 Å². The first kappa shape index (κ1) is 11.6. The molecule has 3 N–H and O–H groups in total. The highest BCUT2D eigenvalue weighted by Gasteiger charge is 2.26. The first-order valence-corrected chi connectivity index (χ1v) is 6.16. The van der Waals surface area contributed by atoms with Crippen LogP contribution in [-0.4, -0.2) is 19.0 Å². The van der Waals surface area contributed by atoms with Crippen molar-refractivity contribution in [1.29, 1.82) is 0 Å². The van der Waals surface area contributed by atoms with Gasteiger partial charge in [0.2, 0.25) is 5.90 Å². The fraction of sp³-hybridized carbons (Fsp3) is 0.750. The van der Waals surface area contributed by atoms with Crippen LogP contribution < -0.4 is 11.2 Å². The average molecular weight is 223 g/mol. The smallest absolute Gasteiger partial charge is 0.216 e. The molecule has 0 aromatic heterocycles. The van der Waals surface area contributed by atoms with E-state index in [1.807, 2.05) is 0 Å². The summed E-state index contributed by atoms with van der Waals surface area (Å²) in [5.74, 6) is 6.89. The monoisotopic (exact) mass is 223 g/mol. The molecule has 1 heterocycles. The summed E-state index contributed by atoms with van der Waals surface area (Å²) in [5, 5.41) is 3.34. The predicted octanol–water partition coefficient (Wildman–Crippen LogP) is 1.59. The molecule has 90 valence electrons. The number of aliphatic imine (C=N–C) groups is 1. The van der Waals surface area contributed by atoms with Crippen molar-refractivity contribution in [1.82, 2.24) is 5.32 Å². The number of nitrogens with two attached hydrogens (primary N) is 1. The summed E-state index contributed by atoms with van der Waals surface area (Å²) < 4.78 is 0. The van der Waals surface area contributed by atoms with Crippen LogP contribution in [0.4, 0.5) is 0 Å². The quantitative estimate of drug-likeness (QED) is 0.434. The van der Waals surface area contributed by atoms with E-state index in [1.54, 1.807) is 0 Å². The van der Waals surface area contributed by atoms with Gasteiger partial charge in [0.25, 0.3) is 0 Å². The average Bonchev–Trinajstić information content (AvgIpc) is 2.26. The molecule has 0 radical (unpaired) electrons. The molecule has 1 aliphatic heterocycles. The third kappa shape index (κ3) is 2.62. The van der Waals surface area contributed by atoms with Gasteiger partial charge in [-0.1, -0.05) is 13.0 Å². The van der Waals surface area contributed by atoms with Crippen molar-refractivity contribution in [3.8, 4) is 0 Å². The Kier molecular flexibility index (Phi) is 3.96. The van der Waals surface area contributed by atoms with Crippen LogP contribution in [0, 0.1) is 11.8 Å². The van der Waals surface area contributed by atoms with Crippen molar-refractivity contribution in [2.45, 2.75) is 32.1 Å². The molecule has 0 bridgehead atoms. The van der Waals surface area contributed by atoms with E-state index in [0.29, 0.717) is 17.7 Å². The molecule has 4 nitrogen and oxygen atoms in total. The molecule has 1 aliphatic carbocycles. The fourth-order valence-corrected chi connectivity index (χ4v) is 2.26. The van der Waals surface area contributed by atoms with E-state index in [1.165, 1.54) is 6.42 Å². The SMILES string of the molecule is C=C(N=C(ON)C1CCC1)C1CCNCC1. The Labute approximate surface area is 96.9 Å². The van der Waals surface area contributed by atoms with Gasteiger partial charge >= 0.3 is 0 Å². The van der Waals surface area contributed by atoms with Crippen molar-refractivity contribution in [2.24, 2.45) is 22.7 Å². The van der Waals surface area contributed by atoms with E-state index in [2.05, 4.69) is 16.9 Å². The maximum atomic E-state index is 5.28. The second kappa shape index (κ2) is 5.46. The summed E-state index contributed by atoms with van der Waals surface area (Å²) in [5.41, 5.74) is 0.939. The van der Waals surface area contributed by atoms with E-state index < -0.39 is 0 Å². The lowest BCUT2D eigenvalue weighted by Crippen LogP contribution is -2.30. The van der Waals surface area contributed by atoms with E-state index in [9.17, 15) is 0 Å². The first-order chi connectivity index (χ1) is 7.81. The van der Waals surface area contributed by atoms with Crippen molar-refractivity contribution in [2.75, 3.05) is 13.1 Å². The van der Waals surface area contributed by atoms with Crippen LogP contribution in [0.5, 0.6) is 0 Å². The van der Waals surface area contributed by atoms with Crippen LogP contribution in [0.3, 0.4) is 0 Å². The Bertz CT molecular complexity index is 278. The van der Waals surface area contributed by atoms with Gasteiger partial charge < -0.3 is 10.2 Å². The van der Waals surface area contributed by atoms with Gasteiger partial charge in [-0.15, -0.1) is 0 Å². The molecule has 2 fully saturated rings. The van der Waals surface area contributed by atoms with Crippen LogP contribution in [0.2, 0.25) is 0 Å². The van der Waals surface area contributed by atoms with Gasteiger partial charge in [0.15, 0.2) is 0 Å². The first-order valence-electron chi connectivity index (χ1n) is 6.16. The largest absolute Gasteiger partial charge is 0.396 e. The summed E-state index contributed by atoms with van der Waals surface area (Å²) >= 11 is 0. The third-order valence-corrected chi connectivity index (χ3v) is 3.64.